The summed E-state index contributed by atoms with van der Waals surface area (Å²) in [5.41, 5.74) is 1.04. The van der Waals surface area contributed by atoms with Crippen LogP contribution in [-0.2, 0) is 16.1 Å². The van der Waals surface area contributed by atoms with Crippen LogP contribution < -0.4 is 19.7 Å². The van der Waals surface area contributed by atoms with Crippen LogP contribution in [0.25, 0.3) is 11.0 Å². The zero-order valence-electron chi connectivity index (χ0n) is 22.6. The number of carbonyl (C=O) groups excluding carboxylic acids is 2. The Kier molecular flexibility index (Phi) is 8.13. The van der Waals surface area contributed by atoms with Crippen molar-refractivity contribution in [1.82, 2.24) is 20.3 Å². The first-order valence-electron chi connectivity index (χ1n) is 12.6. The van der Waals surface area contributed by atoms with Gasteiger partial charge in [0.1, 0.15) is 23.9 Å². The number of benzene rings is 3. The highest BCUT2D eigenvalue weighted by molar-refractivity contribution is 6.02. The molecule has 4 aromatic rings. The first-order chi connectivity index (χ1) is 18.7. The SMILES string of the molecule is CCC(C)(C)NC(=O)[C@H](c1ccccc1F)N(C(=O)Cn1nnc2ccccc21)c1ccc(OC)c(OC)c1. The molecule has 0 unspecified atom stereocenters. The molecule has 0 saturated carbocycles. The fraction of sp³-hybridized carbons (Fsp3) is 0.310. The number of hydrogen-bond donors (Lipinski definition) is 1. The van der Waals surface area contributed by atoms with Crippen LogP contribution in [0.3, 0.4) is 0 Å². The summed E-state index contributed by atoms with van der Waals surface area (Å²) in [6.45, 7) is 5.43. The van der Waals surface area contributed by atoms with E-state index in [-0.39, 0.29) is 12.1 Å². The normalized spacial score (nSPS) is 12.2. The van der Waals surface area contributed by atoms with Crippen LogP contribution in [0.5, 0.6) is 11.5 Å². The van der Waals surface area contributed by atoms with Gasteiger partial charge in [-0.2, -0.15) is 0 Å². The van der Waals surface area contributed by atoms with E-state index in [1.165, 1.54) is 42.0 Å². The Morgan fingerprint density at radius 2 is 1.72 bits per heavy atom. The van der Waals surface area contributed by atoms with Gasteiger partial charge >= 0.3 is 0 Å². The van der Waals surface area contributed by atoms with Crippen molar-refractivity contribution in [2.45, 2.75) is 45.3 Å². The van der Waals surface area contributed by atoms with Gasteiger partial charge in [-0.05, 0) is 50.6 Å². The molecule has 1 N–H and O–H groups in total. The number of halogens is 1. The average molecular weight is 534 g/mol. The average Bonchev–Trinajstić information content (AvgIpc) is 3.34. The van der Waals surface area contributed by atoms with Crippen molar-refractivity contribution in [2.75, 3.05) is 19.1 Å². The van der Waals surface area contributed by atoms with E-state index in [0.29, 0.717) is 34.6 Å². The van der Waals surface area contributed by atoms with Crippen molar-refractivity contribution in [3.63, 3.8) is 0 Å². The maximum Gasteiger partial charge on any atom is 0.249 e. The van der Waals surface area contributed by atoms with Crippen LogP contribution >= 0.6 is 0 Å². The van der Waals surface area contributed by atoms with Crippen LogP contribution in [0.15, 0.2) is 66.7 Å². The van der Waals surface area contributed by atoms with Gasteiger partial charge in [-0.3, -0.25) is 14.5 Å². The first kappa shape index (κ1) is 27.6. The van der Waals surface area contributed by atoms with Crippen LogP contribution in [0.4, 0.5) is 10.1 Å². The van der Waals surface area contributed by atoms with Gasteiger partial charge in [-0.1, -0.05) is 42.5 Å². The Balaban J connectivity index is 1.88. The van der Waals surface area contributed by atoms with Crippen molar-refractivity contribution in [1.29, 1.82) is 0 Å². The lowest BCUT2D eigenvalue weighted by molar-refractivity contribution is -0.128. The van der Waals surface area contributed by atoms with Gasteiger partial charge in [0.15, 0.2) is 11.5 Å². The quantitative estimate of drug-likeness (QED) is 0.318. The molecule has 0 aliphatic heterocycles. The number of carbonyl (C=O) groups is 2. The maximum absolute atomic E-state index is 15.3. The number of methoxy groups -OCH3 is 2. The number of para-hydroxylation sites is 1. The molecule has 1 atom stereocenters. The molecule has 204 valence electrons. The number of rotatable bonds is 10. The van der Waals surface area contributed by atoms with Crippen molar-refractivity contribution >= 4 is 28.5 Å². The van der Waals surface area contributed by atoms with Gasteiger partial charge < -0.3 is 14.8 Å². The first-order valence-corrected chi connectivity index (χ1v) is 12.6. The van der Waals surface area contributed by atoms with Crippen molar-refractivity contribution < 1.29 is 23.5 Å². The zero-order chi connectivity index (χ0) is 28.2. The number of nitrogens with one attached hydrogen (secondary N) is 1. The van der Waals surface area contributed by atoms with E-state index < -0.39 is 29.2 Å². The van der Waals surface area contributed by atoms with Gasteiger partial charge in [0.2, 0.25) is 11.8 Å². The summed E-state index contributed by atoms with van der Waals surface area (Å²) in [5, 5.41) is 11.3. The second kappa shape index (κ2) is 11.5. The highest BCUT2D eigenvalue weighted by Crippen LogP contribution is 2.36. The van der Waals surface area contributed by atoms with Gasteiger partial charge in [0, 0.05) is 22.9 Å². The number of hydrogen-bond acceptors (Lipinski definition) is 6. The third-order valence-electron chi connectivity index (χ3n) is 6.67. The fourth-order valence-electron chi connectivity index (χ4n) is 4.23. The number of anilines is 1. The van der Waals surface area contributed by atoms with E-state index in [1.54, 1.807) is 36.4 Å². The fourth-order valence-corrected chi connectivity index (χ4v) is 4.23. The smallest absolute Gasteiger partial charge is 0.249 e. The van der Waals surface area contributed by atoms with E-state index >= 15 is 4.39 Å². The molecule has 39 heavy (non-hydrogen) atoms. The Bertz CT molecular complexity index is 1490. The molecule has 0 spiro atoms. The standard InChI is InChI=1S/C29H32FN5O4/c1-6-29(2,3)31-28(37)27(20-11-7-8-12-21(20)30)35(19-15-16-24(38-4)25(17-19)39-5)26(36)18-34-23-14-10-9-13-22(23)32-33-34/h7-17,27H,6,18H2,1-5H3,(H,31,37)/t27-/m0/s1. The third-order valence-corrected chi connectivity index (χ3v) is 6.67. The molecule has 0 saturated heterocycles. The third kappa shape index (κ3) is 5.84. The van der Waals surface area contributed by atoms with Crippen molar-refractivity contribution in [2.24, 2.45) is 0 Å². The predicted molar refractivity (Wildman–Crippen MR) is 146 cm³/mol. The molecule has 0 aliphatic rings. The van der Waals surface area contributed by atoms with Gasteiger partial charge in [-0.25, -0.2) is 9.07 Å². The lowest BCUT2D eigenvalue weighted by Gasteiger charge is -2.35. The highest BCUT2D eigenvalue weighted by atomic mass is 19.1. The second-order valence-electron chi connectivity index (χ2n) is 9.69. The highest BCUT2D eigenvalue weighted by Gasteiger charge is 2.37. The molecule has 1 aromatic heterocycles. The lowest BCUT2D eigenvalue weighted by atomic mass is 9.97. The summed E-state index contributed by atoms with van der Waals surface area (Å²) in [5.74, 6) is -0.860. The molecule has 4 rings (SSSR count). The molecule has 2 amide bonds. The molecule has 0 bridgehead atoms. The Morgan fingerprint density at radius 3 is 2.41 bits per heavy atom. The topological polar surface area (TPSA) is 98.6 Å². The van der Waals surface area contributed by atoms with Gasteiger partial charge in [-0.15, -0.1) is 5.10 Å². The Labute approximate surface area is 226 Å². The summed E-state index contributed by atoms with van der Waals surface area (Å²) in [7, 11) is 2.97. The summed E-state index contributed by atoms with van der Waals surface area (Å²) < 4.78 is 27.6. The Morgan fingerprint density at radius 1 is 1.03 bits per heavy atom. The van der Waals surface area contributed by atoms with Gasteiger partial charge in [0.25, 0.3) is 0 Å². The summed E-state index contributed by atoms with van der Waals surface area (Å²) in [6.07, 6.45) is 0.623. The monoisotopic (exact) mass is 533 g/mol. The number of amides is 2. The minimum atomic E-state index is -1.34. The minimum absolute atomic E-state index is 0.0495. The summed E-state index contributed by atoms with van der Waals surface area (Å²) in [6, 6.07) is 16.7. The van der Waals surface area contributed by atoms with Crippen LogP contribution in [0.1, 0.15) is 38.8 Å². The molecular weight excluding hydrogens is 501 g/mol. The number of ether oxygens (including phenoxy) is 2. The summed E-state index contributed by atoms with van der Waals surface area (Å²) >= 11 is 0. The second-order valence-corrected chi connectivity index (χ2v) is 9.69. The molecule has 0 fully saturated rings. The van der Waals surface area contributed by atoms with Crippen LogP contribution in [0, 0.1) is 5.82 Å². The van der Waals surface area contributed by atoms with Gasteiger partial charge in [0.05, 0.1) is 19.7 Å². The zero-order valence-corrected chi connectivity index (χ0v) is 22.6. The van der Waals surface area contributed by atoms with E-state index in [4.69, 9.17) is 9.47 Å². The maximum atomic E-state index is 15.3. The van der Waals surface area contributed by atoms with E-state index in [2.05, 4.69) is 15.6 Å². The number of aromatic nitrogens is 3. The molecule has 10 heteroatoms. The van der Waals surface area contributed by atoms with E-state index in [0.717, 1.165) is 0 Å². The predicted octanol–water partition coefficient (Wildman–Crippen LogP) is 4.67. The van der Waals surface area contributed by atoms with E-state index in [9.17, 15) is 9.59 Å². The summed E-state index contributed by atoms with van der Waals surface area (Å²) in [4.78, 5) is 29.3. The van der Waals surface area contributed by atoms with Crippen molar-refractivity contribution in [3.05, 3.63) is 78.1 Å². The van der Waals surface area contributed by atoms with Crippen molar-refractivity contribution in [3.8, 4) is 11.5 Å². The largest absolute Gasteiger partial charge is 0.493 e. The van der Waals surface area contributed by atoms with E-state index in [1.807, 2.05) is 32.9 Å². The minimum Gasteiger partial charge on any atom is -0.493 e. The number of nitrogens with zero attached hydrogens (tertiary/aromatic N) is 4. The van der Waals surface area contributed by atoms with Crippen LogP contribution in [-0.4, -0.2) is 46.6 Å². The number of fused-ring (bicyclic) bond motifs is 1. The molecule has 9 nitrogen and oxygen atoms in total. The molecule has 0 radical (unpaired) electrons. The Hall–Kier alpha value is -4.47. The molecule has 1 heterocycles. The lowest BCUT2D eigenvalue weighted by Crippen LogP contribution is -2.51. The molecular formula is C29H32FN5O4. The molecule has 0 aliphatic carbocycles. The van der Waals surface area contributed by atoms with Crippen LogP contribution in [0.2, 0.25) is 0 Å². The molecule has 3 aromatic carbocycles.